The summed E-state index contributed by atoms with van der Waals surface area (Å²) in [4.78, 5) is 43.4. The Morgan fingerprint density at radius 3 is 2.73 bits per heavy atom. The molecule has 5 aliphatic rings. The molecule has 3 heterocycles. The molecule has 1 saturated carbocycles. The van der Waals surface area contributed by atoms with E-state index < -0.39 is 33.7 Å². The predicted octanol–water partition coefficient (Wildman–Crippen LogP) is 6.18. The summed E-state index contributed by atoms with van der Waals surface area (Å²) < 4.78 is 39.0. The molecule has 280 valence electrons. The van der Waals surface area contributed by atoms with E-state index >= 15 is 0 Å². The molecule has 1 spiro atoms. The van der Waals surface area contributed by atoms with Crippen LogP contribution in [0, 0.1) is 23.7 Å². The summed E-state index contributed by atoms with van der Waals surface area (Å²) in [5.74, 6) is -0.554. The van der Waals surface area contributed by atoms with E-state index in [1.165, 1.54) is 23.1 Å². The first-order chi connectivity index (χ1) is 25.0. The van der Waals surface area contributed by atoms with Crippen LogP contribution in [-0.4, -0.2) is 85.9 Å². The van der Waals surface area contributed by atoms with Crippen LogP contribution < -0.4 is 14.4 Å². The number of carbonyl (C=O) groups excluding carboxylic acids is 3. The van der Waals surface area contributed by atoms with Gasteiger partial charge in [0.05, 0.1) is 37.2 Å². The fourth-order valence-corrected chi connectivity index (χ4v) is 11.0. The van der Waals surface area contributed by atoms with Crippen molar-refractivity contribution in [1.82, 2.24) is 9.62 Å². The Kier molecular flexibility index (Phi) is 10.6. The molecule has 2 fully saturated rings. The molecule has 2 aromatic carbocycles. The molecule has 0 aromatic heterocycles. The van der Waals surface area contributed by atoms with Gasteiger partial charge in [0.25, 0.3) is 5.91 Å². The summed E-state index contributed by atoms with van der Waals surface area (Å²) >= 11 is 6.45. The number of fused-ring (bicyclic) bond motifs is 4. The van der Waals surface area contributed by atoms with Crippen LogP contribution in [0.5, 0.6) is 5.75 Å². The Bertz CT molecular complexity index is 1880. The maximum atomic E-state index is 14.6. The van der Waals surface area contributed by atoms with Crippen molar-refractivity contribution >= 4 is 45.1 Å². The molecule has 7 atom stereocenters. The van der Waals surface area contributed by atoms with Gasteiger partial charge in [-0.2, -0.15) is 0 Å². The van der Waals surface area contributed by atoms with E-state index in [-0.39, 0.29) is 35.3 Å². The number of methoxy groups -OCH3 is 2. The summed E-state index contributed by atoms with van der Waals surface area (Å²) in [6, 6.07) is 11.5. The summed E-state index contributed by atoms with van der Waals surface area (Å²) in [5, 5.41) is 0.732. The van der Waals surface area contributed by atoms with Gasteiger partial charge in [-0.25, -0.2) is 9.00 Å². The number of likely N-dealkylation sites (tertiary alicyclic amines) is 1. The monoisotopic (exact) mass is 752 g/mol. The molecular weight excluding hydrogens is 704 g/mol. The van der Waals surface area contributed by atoms with Crippen molar-refractivity contribution < 1.29 is 32.8 Å². The van der Waals surface area contributed by atoms with Gasteiger partial charge < -0.3 is 24.0 Å². The second kappa shape index (κ2) is 15.0. The third-order valence-electron chi connectivity index (χ3n) is 11.8. The van der Waals surface area contributed by atoms with Crippen molar-refractivity contribution in [3.05, 3.63) is 70.3 Å². The number of aryl methyl sites for hydroxylation is 1. The van der Waals surface area contributed by atoms with Gasteiger partial charge in [-0.3, -0.25) is 14.3 Å². The average Bonchev–Trinajstić information content (AvgIpc) is 3.56. The lowest BCUT2D eigenvalue weighted by molar-refractivity contribution is -0.122. The van der Waals surface area contributed by atoms with E-state index in [2.05, 4.69) is 38.3 Å². The predicted molar refractivity (Wildman–Crippen MR) is 200 cm³/mol. The number of hydrogen-bond donors (Lipinski definition) is 1. The number of nitrogens with one attached hydrogen (secondary N) is 1. The highest BCUT2D eigenvalue weighted by Gasteiger charge is 2.44. The largest absolute Gasteiger partial charge is 0.490 e. The molecule has 2 aromatic rings. The van der Waals surface area contributed by atoms with Crippen molar-refractivity contribution in [3.63, 3.8) is 0 Å². The minimum Gasteiger partial charge on any atom is -0.490 e. The fraction of sp³-hybridized carbons (Fsp3) is 0.564. The van der Waals surface area contributed by atoms with Gasteiger partial charge in [0, 0.05) is 49.3 Å². The minimum absolute atomic E-state index is 0.0158. The standard InChI is InChI=1S/C39H49ClN4O7S/c1-25-6-4-8-34(49-2)31-12-9-28(31)20-44-23-39(16-5-7-26-18-30(40)11-13-32(26)39)24-51-35-14-10-27(19-33(35)44)36(45)41-52(48,22-25)42-37(46)29-15-17-43(21-29)38(47)50-3/h4,8,10-11,13-14,18-19,25,28-29,31,34H,5-7,9,12,15-17,20-24H2,1-3H3,(H,41,42,45,46,48)/b8-4+/t25-,28-,29-,31+,34-,39-,52?/m0/s1. The number of ether oxygens (including phenoxy) is 3. The second-order valence-electron chi connectivity index (χ2n) is 15.3. The lowest BCUT2D eigenvalue weighted by Gasteiger charge is -2.46. The highest BCUT2D eigenvalue weighted by molar-refractivity contribution is 7.92. The van der Waals surface area contributed by atoms with Crippen molar-refractivity contribution in [1.29, 1.82) is 0 Å². The van der Waals surface area contributed by atoms with E-state index in [0.29, 0.717) is 50.1 Å². The Labute approximate surface area is 311 Å². The van der Waals surface area contributed by atoms with Gasteiger partial charge in [0.1, 0.15) is 15.7 Å². The number of anilines is 1. The van der Waals surface area contributed by atoms with E-state index in [1.54, 1.807) is 13.2 Å². The number of rotatable bonds is 3. The van der Waals surface area contributed by atoms with Gasteiger partial charge in [0.15, 0.2) is 0 Å². The van der Waals surface area contributed by atoms with Crippen LogP contribution in [0.4, 0.5) is 10.5 Å². The number of allylic oxidation sites excluding steroid dienone is 1. The number of carbonyl (C=O) groups is 3. The number of benzene rings is 2. The number of nitrogens with zero attached hydrogens (tertiary/aromatic N) is 3. The SMILES string of the molecule is COC(=O)N1CC[C@H](C(=O)NS2(=O)=NC(=O)c3ccc4c(c3)N(C[C@@H]3CC[C@H]3[C@@H](OC)/C=C/C[C@H](C)C2)C[C@@]2(CCCc3cc(Cl)ccc32)CO4)C1. The Balaban J connectivity index is 1.26. The van der Waals surface area contributed by atoms with Crippen LogP contribution in [0.15, 0.2) is 52.9 Å². The first-order valence-corrected chi connectivity index (χ1v) is 20.5. The first kappa shape index (κ1) is 36.7. The topological polar surface area (TPSA) is 127 Å². The minimum atomic E-state index is -3.55. The smallest absolute Gasteiger partial charge is 0.409 e. The quantitative estimate of drug-likeness (QED) is 0.369. The molecule has 52 heavy (non-hydrogen) atoms. The second-order valence-corrected chi connectivity index (χ2v) is 17.8. The lowest BCUT2D eigenvalue weighted by atomic mass is 9.68. The zero-order chi connectivity index (χ0) is 36.6. The van der Waals surface area contributed by atoms with E-state index in [9.17, 15) is 18.6 Å². The van der Waals surface area contributed by atoms with Crippen molar-refractivity contribution in [2.75, 3.05) is 57.7 Å². The van der Waals surface area contributed by atoms with Crippen LogP contribution in [0.3, 0.4) is 0 Å². The summed E-state index contributed by atoms with van der Waals surface area (Å²) in [5.41, 5.74) is 3.33. The van der Waals surface area contributed by atoms with Gasteiger partial charge in [-0.15, -0.1) is 4.36 Å². The number of amides is 3. The maximum Gasteiger partial charge on any atom is 0.409 e. The summed E-state index contributed by atoms with van der Waals surface area (Å²) in [6.07, 6.45) is 9.63. The Morgan fingerprint density at radius 2 is 1.96 bits per heavy atom. The summed E-state index contributed by atoms with van der Waals surface area (Å²) in [7, 11) is -0.505. The molecule has 0 radical (unpaired) electrons. The van der Waals surface area contributed by atoms with Gasteiger partial charge >= 0.3 is 6.09 Å². The van der Waals surface area contributed by atoms with Crippen LogP contribution >= 0.6 is 11.6 Å². The normalized spacial score (nSPS) is 32.3. The van der Waals surface area contributed by atoms with Gasteiger partial charge in [-0.1, -0.05) is 36.7 Å². The third kappa shape index (κ3) is 7.43. The van der Waals surface area contributed by atoms with Crippen molar-refractivity contribution in [2.24, 2.45) is 28.0 Å². The van der Waals surface area contributed by atoms with Gasteiger partial charge in [0.2, 0.25) is 5.91 Å². The Morgan fingerprint density at radius 1 is 1.12 bits per heavy atom. The average molecular weight is 753 g/mol. The van der Waals surface area contributed by atoms with Crippen LogP contribution in [0.1, 0.15) is 66.9 Å². The zero-order valence-electron chi connectivity index (χ0n) is 30.2. The molecule has 2 aliphatic carbocycles. The highest BCUT2D eigenvalue weighted by atomic mass is 35.5. The summed E-state index contributed by atoms with van der Waals surface area (Å²) in [6.45, 7) is 4.38. The molecule has 1 N–H and O–H groups in total. The van der Waals surface area contributed by atoms with Gasteiger partial charge in [-0.05, 0) is 104 Å². The highest BCUT2D eigenvalue weighted by Crippen LogP contribution is 2.47. The van der Waals surface area contributed by atoms with Crippen molar-refractivity contribution in [2.45, 2.75) is 63.4 Å². The molecule has 11 nitrogen and oxygen atoms in total. The molecule has 13 heteroatoms. The van der Waals surface area contributed by atoms with E-state index in [0.717, 1.165) is 49.4 Å². The Hall–Kier alpha value is -3.61. The van der Waals surface area contributed by atoms with Crippen molar-refractivity contribution in [3.8, 4) is 5.75 Å². The molecule has 1 saturated heterocycles. The third-order valence-corrected chi connectivity index (χ3v) is 14.0. The van der Waals surface area contributed by atoms with E-state index in [4.69, 9.17) is 25.8 Å². The molecule has 3 amide bonds. The molecule has 2 bridgehead atoms. The zero-order valence-corrected chi connectivity index (χ0v) is 31.8. The first-order valence-electron chi connectivity index (χ1n) is 18.4. The van der Waals surface area contributed by atoms with Crippen LogP contribution in [0.25, 0.3) is 0 Å². The molecule has 7 rings (SSSR count). The molecule has 1 unspecified atom stereocenters. The number of hydrogen-bond acceptors (Lipinski definition) is 8. The number of halogens is 1. The van der Waals surface area contributed by atoms with Crippen LogP contribution in [0.2, 0.25) is 5.02 Å². The molecule has 3 aliphatic heterocycles. The fourth-order valence-electron chi connectivity index (χ4n) is 8.88. The molecular formula is C39H49ClN4O7S. The van der Waals surface area contributed by atoms with Crippen LogP contribution in [-0.2, 0) is 36.0 Å². The maximum absolute atomic E-state index is 14.6. The lowest BCUT2D eigenvalue weighted by Crippen LogP contribution is -2.49. The van der Waals surface area contributed by atoms with E-state index in [1.807, 2.05) is 25.1 Å².